The van der Waals surface area contributed by atoms with Crippen molar-refractivity contribution in [3.05, 3.63) is 76.6 Å². The molecule has 0 unspecified atom stereocenters. The van der Waals surface area contributed by atoms with Crippen molar-refractivity contribution in [3.8, 4) is 11.4 Å². The van der Waals surface area contributed by atoms with Gasteiger partial charge in [-0.25, -0.2) is 9.78 Å². The zero-order chi connectivity index (χ0) is 22.2. The number of carbonyl (C=O) groups is 1. The van der Waals surface area contributed by atoms with Gasteiger partial charge in [0.15, 0.2) is 0 Å². The van der Waals surface area contributed by atoms with Crippen LogP contribution in [0, 0.1) is 0 Å². The van der Waals surface area contributed by atoms with Crippen LogP contribution in [-0.2, 0) is 36.7 Å². The van der Waals surface area contributed by atoms with Gasteiger partial charge in [-0.15, -0.1) is 0 Å². The standard InChI is InChI=1S/C26H31N3O2/c1-26(2,3)20-12-10-18(11-13-20)24-27-22-14-15-29(17-23(22)28(24)4)16-19-8-6-7-9-21(19)25(30)31-5/h6-13H,14-17H2,1-5H3. The monoisotopic (exact) mass is 417 g/mol. The average molecular weight is 418 g/mol. The Morgan fingerprint density at radius 3 is 2.48 bits per heavy atom. The third-order valence-electron chi connectivity index (χ3n) is 6.16. The van der Waals surface area contributed by atoms with E-state index in [4.69, 9.17) is 9.72 Å². The molecule has 0 saturated carbocycles. The summed E-state index contributed by atoms with van der Waals surface area (Å²) < 4.78 is 7.17. The molecular formula is C26H31N3O2. The molecule has 5 heteroatoms. The molecule has 0 aliphatic carbocycles. The van der Waals surface area contributed by atoms with Crippen LogP contribution in [0.2, 0.25) is 0 Å². The summed E-state index contributed by atoms with van der Waals surface area (Å²) in [6.45, 7) is 9.14. The highest BCUT2D eigenvalue weighted by molar-refractivity contribution is 5.90. The number of carbonyl (C=O) groups excluding carboxylic acids is 1. The van der Waals surface area contributed by atoms with Crippen LogP contribution in [0.15, 0.2) is 48.5 Å². The Kier molecular flexibility index (Phi) is 5.71. The second-order valence-corrected chi connectivity index (χ2v) is 9.32. The Labute approximate surface area is 184 Å². The lowest BCUT2D eigenvalue weighted by Gasteiger charge is -2.27. The second-order valence-electron chi connectivity index (χ2n) is 9.32. The third-order valence-corrected chi connectivity index (χ3v) is 6.16. The van der Waals surface area contributed by atoms with Crippen LogP contribution in [0.4, 0.5) is 0 Å². The lowest BCUT2D eigenvalue weighted by atomic mass is 9.87. The van der Waals surface area contributed by atoms with Crippen LogP contribution < -0.4 is 0 Å². The van der Waals surface area contributed by atoms with Crippen molar-refractivity contribution in [2.75, 3.05) is 13.7 Å². The van der Waals surface area contributed by atoms with Crippen molar-refractivity contribution in [2.24, 2.45) is 7.05 Å². The molecule has 0 amide bonds. The summed E-state index contributed by atoms with van der Waals surface area (Å²) in [5, 5.41) is 0. The molecule has 4 rings (SSSR count). The van der Waals surface area contributed by atoms with Gasteiger partial charge in [0.25, 0.3) is 0 Å². The summed E-state index contributed by atoms with van der Waals surface area (Å²) >= 11 is 0. The first-order valence-electron chi connectivity index (χ1n) is 10.8. The minimum absolute atomic E-state index is 0.139. The van der Waals surface area contributed by atoms with E-state index in [1.54, 1.807) is 0 Å². The van der Waals surface area contributed by atoms with Crippen LogP contribution >= 0.6 is 0 Å². The van der Waals surface area contributed by atoms with E-state index in [9.17, 15) is 4.79 Å². The van der Waals surface area contributed by atoms with Crippen molar-refractivity contribution in [2.45, 2.75) is 45.7 Å². The highest BCUT2D eigenvalue weighted by Gasteiger charge is 2.25. The molecule has 0 bridgehead atoms. The van der Waals surface area contributed by atoms with E-state index in [2.05, 4.69) is 61.6 Å². The molecule has 0 spiro atoms. The van der Waals surface area contributed by atoms with Crippen molar-refractivity contribution < 1.29 is 9.53 Å². The predicted octanol–water partition coefficient (Wildman–Crippen LogP) is 4.73. The molecule has 31 heavy (non-hydrogen) atoms. The maximum Gasteiger partial charge on any atom is 0.338 e. The molecule has 0 fully saturated rings. The number of nitrogens with zero attached hydrogens (tertiary/aromatic N) is 3. The molecule has 1 aliphatic heterocycles. The molecule has 3 aromatic rings. The topological polar surface area (TPSA) is 47.4 Å². The van der Waals surface area contributed by atoms with Crippen molar-refractivity contribution >= 4 is 5.97 Å². The molecule has 2 heterocycles. The molecule has 1 aliphatic rings. The van der Waals surface area contributed by atoms with E-state index in [1.165, 1.54) is 24.1 Å². The molecule has 5 nitrogen and oxygen atoms in total. The van der Waals surface area contributed by atoms with Gasteiger partial charge in [0.05, 0.1) is 24.1 Å². The highest BCUT2D eigenvalue weighted by Crippen LogP contribution is 2.29. The molecular weight excluding hydrogens is 386 g/mol. The number of esters is 1. The fourth-order valence-corrected chi connectivity index (χ4v) is 4.26. The fraction of sp³-hybridized carbons (Fsp3) is 0.385. The third kappa shape index (κ3) is 4.28. The molecule has 0 N–H and O–H groups in total. The van der Waals surface area contributed by atoms with Crippen molar-refractivity contribution in [1.29, 1.82) is 0 Å². The van der Waals surface area contributed by atoms with Gasteiger partial charge >= 0.3 is 5.97 Å². The van der Waals surface area contributed by atoms with Gasteiger partial charge in [-0.05, 0) is 22.6 Å². The summed E-state index contributed by atoms with van der Waals surface area (Å²) in [6, 6.07) is 16.5. The average Bonchev–Trinajstić information content (AvgIpc) is 3.09. The van der Waals surface area contributed by atoms with Crippen molar-refractivity contribution in [1.82, 2.24) is 14.5 Å². The number of fused-ring (bicyclic) bond motifs is 1. The SMILES string of the molecule is COC(=O)c1ccccc1CN1CCc2nc(-c3ccc(C(C)(C)C)cc3)n(C)c2C1. The van der Waals surface area contributed by atoms with Gasteiger partial charge in [-0.3, -0.25) is 4.90 Å². The normalized spacial score (nSPS) is 14.4. The number of imidazole rings is 1. The van der Waals surface area contributed by atoms with Crippen LogP contribution in [0.3, 0.4) is 0 Å². The fourth-order valence-electron chi connectivity index (χ4n) is 4.26. The smallest absolute Gasteiger partial charge is 0.338 e. The summed E-state index contributed by atoms with van der Waals surface area (Å²) in [7, 11) is 3.53. The number of benzene rings is 2. The largest absolute Gasteiger partial charge is 0.465 e. The molecule has 162 valence electrons. The Bertz CT molecular complexity index is 1090. The van der Waals surface area contributed by atoms with Crippen molar-refractivity contribution in [3.63, 3.8) is 0 Å². The zero-order valence-corrected chi connectivity index (χ0v) is 19.1. The Morgan fingerprint density at radius 2 is 1.81 bits per heavy atom. The first-order chi connectivity index (χ1) is 14.8. The van der Waals surface area contributed by atoms with Crippen LogP contribution in [0.25, 0.3) is 11.4 Å². The van der Waals surface area contributed by atoms with E-state index < -0.39 is 0 Å². The summed E-state index contributed by atoms with van der Waals surface area (Å²) in [5.41, 5.74) is 6.67. The summed E-state index contributed by atoms with van der Waals surface area (Å²) in [4.78, 5) is 19.5. The minimum atomic E-state index is -0.283. The first kappa shape index (κ1) is 21.3. The van der Waals surface area contributed by atoms with E-state index in [1.807, 2.05) is 24.3 Å². The number of methoxy groups -OCH3 is 1. The molecule has 0 radical (unpaired) electrons. The highest BCUT2D eigenvalue weighted by atomic mass is 16.5. The molecule has 0 atom stereocenters. The first-order valence-corrected chi connectivity index (χ1v) is 10.8. The maximum atomic E-state index is 12.1. The number of rotatable bonds is 4. The van der Waals surface area contributed by atoms with Gasteiger partial charge in [-0.1, -0.05) is 63.2 Å². The molecule has 0 saturated heterocycles. The zero-order valence-electron chi connectivity index (χ0n) is 19.1. The van der Waals surface area contributed by atoms with Gasteiger partial charge in [-0.2, -0.15) is 0 Å². The minimum Gasteiger partial charge on any atom is -0.465 e. The van der Waals surface area contributed by atoms with Gasteiger partial charge in [0.2, 0.25) is 0 Å². The van der Waals surface area contributed by atoms with Crippen LogP contribution in [0.5, 0.6) is 0 Å². The maximum absolute atomic E-state index is 12.1. The van der Waals surface area contributed by atoms with E-state index in [0.717, 1.165) is 36.5 Å². The summed E-state index contributed by atoms with van der Waals surface area (Å²) in [5.74, 6) is 0.733. The van der Waals surface area contributed by atoms with Gasteiger partial charge in [0, 0.05) is 38.7 Å². The van der Waals surface area contributed by atoms with E-state index >= 15 is 0 Å². The molecule has 2 aromatic carbocycles. The lowest BCUT2D eigenvalue weighted by Crippen LogP contribution is -2.31. The molecule has 1 aromatic heterocycles. The van der Waals surface area contributed by atoms with Crippen LogP contribution in [0.1, 0.15) is 53.6 Å². The van der Waals surface area contributed by atoms with E-state index in [-0.39, 0.29) is 11.4 Å². The number of hydrogen-bond acceptors (Lipinski definition) is 4. The Hall–Kier alpha value is -2.92. The Balaban J connectivity index is 1.56. The number of aromatic nitrogens is 2. The lowest BCUT2D eigenvalue weighted by molar-refractivity contribution is 0.0598. The predicted molar refractivity (Wildman–Crippen MR) is 123 cm³/mol. The van der Waals surface area contributed by atoms with Crippen LogP contribution in [-0.4, -0.2) is 34.1 Å². The van der Waals surface area contributed by atoms with Gasteiger partial charge < -0.3 is 9.30 Å². The second kappa shape index (κ2) is 8.31. The quantitative estimate of drug-likeness (QED) is 0.576. The Morgan fingerprint density at radius 1 is 1.10 bits per heavy atom. The number of ether oxygens (including phenoxy) is 1. The van der Waals surface area contributed by atoms with E-state index in [0.29, 0.717) is 12.1 Å². The number of hydrogen-bond donors (Lipinski definition) is 0. The summed E-state index contributed by atoms with van der Waals surface area (Å²) in [6.07, 6.45) is 0.906. The van der Waals surface area contributed by atoms with Gasteiger partial charge in [0.1, 0.15) is 5.82 Å².